The topological polar surface area (TPSA) is 284 Å². The minimum Gasteiger partial charge on any atom is -0.735 e. The molecule has 17 nitrogen and oxygen atoms in total. The van der Waals surface area contributed by atoms with Crippen molar-refractivity contribution in [3.8, 4) is 0 Å². The molecule has 31 heavy (non-hydrogen) atoms. The van der Waals surface area contributed by atoms with E-state index >= 15 is 0 Å². The third-order valence-corrected chi connectivity index (χ3v) is 5.06. The molecule has 0 aromatic rings. The number of nitrogens with one attached hydrogen (secondary N) is 1. The first-order valence-electron chi connectivity index (χ1n) is 8.06. The average Bonchev–Trinajstić information content (AvgIpc) is 2.61. The summed E-state index contributed by atoms with van der Waals surface area (Å²) in [6, 6.07) is -2.07. The Bertz CT molecular complexity index is 902. The highest BCUT2D eigenvalue weighted by Crippen LogP contribution is 2.29. The second-order valence-electron chi connectivity index (χ2n) is 6.20. The van der Waals surface area contributed by atoms with Crippen LogP contribution in [0.5, 0.6) is 0 Å². The third-order valence-electron chi connectivity index (χ3n) is 4.04. The molecule has 0 bridgehead atoms. The van der Waals surface area contributed by atoms with Crippen molar-refractivity contribution in [2.75, 3.05) is 6.61 Å². The molecule has 5 N–H and O–H groups in total. The molecule has 180 valence electrons. The lowest BCUT2D eigenvalue weighted by molar-refractivity contribution is -0.320. The van der Waals surface area contributed by atoms with E-state index in [-0.39, 0.29) is 0 Å². The standard InChI is InChI=1S/C12H19NO16S2/c14-2-5-9(7(16)6(11(19)26-5)13-30(20,21)22)28-12-8(29-31(23,24)25)3(15)1-4(27-12)10(17)18/h1,3,5-9,11-16,19H,2H2,(H,17,18)(H,20,21,22)(H,23,24,25)/p-3/t3-,5+,6+,7+,8+,9?,11?,12-/m0/s1. The van der Waals surface area contributed by atoms with E-state index in [4.69, 9.17) is 14.2 Å². The summed E-state index contributed by atoms with van der Waals surface area (Å²) in [5.74, 6) is -3.10. The molecule has 0 aromatic heterocycles. The van der Waals surface area contributed by atoms with Gasteiger partial charge < -0.3 is 53.6 Å². The lowest BCUT2D eigenvalue weighted by Crippen LogP contribution is -2.66. The second-order valence-corrected chi connectivity index (χ2v) is 8.35. The number of carboxylic acids is 1. The number of aliphatic carboxylic acids is 1. The van der Waals surface area contributed by atoms with Gasteiger partial charge in [-0.15, -0.1) is 0 Å². The monoisotopic (exact) mass is 494 g/mol. The van der Waals surface area contributed by atoms with E-state index in [0.29, 0.717) is 6.08 Å². The van der Waals surface area contributed by atoms with Gasteiger partial charge >= 0.3 is 0 Å². The van der Waals surface area contributed by atoms with Crippen LogP contribution in [-0.2, 0) is 43.9 Å². The number of aliphatic hydroxyl groups excluding tert-OH is 4. The fourth-order valence-corrected chi connectivity index (χ4v) is 3.87. The summed E-state index contributed by atoms with van der Waals surface area (Å²) in [4.78, 5) is 11.0. The Morgan fingerprint density at radius 1 is 1.16 bits per heavy atom. The van der Waals surface area contributed by atoms with E-state index in [1.807, 2.05) is 0 Å². The van der Waals surface area contributed by atoms with Crippen LogP contribution in [0.25, 0.3) is 0 Å². The summed E-state index contributed by atoms with van der Waals surface area (Å²) in [6.07, 6.45) is -14.2. The summed E-state index contributed by atoms with van der Waals surface area (Å²) in [5.41, 5.74) is 0. The fourth-order valence-electron chi connectivity index (χ4n) is 2.80. The van der Waals surface area contributed by atoms with Crippen LogP contribution in [0.3, 0.4) is 0 Å². The first-order chi connectivity index (χ1) is 14.1. The van der Waals surface area contributed by atoms with Gasteiger partial charge in [0.05, 0.1) is 6.61 Å². The Labute approximate surface area is 174 Å². The highest BCUT2D eigenvalue weighted by atomic mass is 32.3. The molecule has 2 aliphatic rings. The molecule has 19 heteroatoms. The van der Waals surface area contributed by atoms with Crippen LogP contribution in [-0.4, -0.2) is 108 Å². The molecule has 0 amide bonds. The maximum absolute atomic E-state index is 11.0. The van der Waals surface area contributed by atoms with Crippen LogP contribution < -0.4 is 9.83 Å². The van der Waals surface area contributed by atoms with Crippen molar-refractivity contribution in [3.05, 3.63) is 11.8 Å². The van der Waals surface area contributed by atoms with Gasteiger partial charge in [-0.2, -0.15) is 0 Å². The molecule has 0 aliphatic carbocycles. The highest BCUT2D eigenvalue weighted by molar-refractivity contribution is 7.83. The summed E-state index contributed by atoms with van der Waals surface area (Å²) >= 11 is 0. The quantitative estimate of drug-likeness (QED) is 0.155. The van der Waals surface area contributed by atoms with Crippen LogP contribution in [0.1, 0.15) is 0 Å². The average molecular weight is 494 g/mol. The molecule has 2 unspecified atom stereocenters. The summed E-state index contributed by atoms with van der Waals surface area (Å²) in [5, 5.41) is 50.4. The normalized spacial score (nSPS) is 37.0. The first-order valence-corrected chi connectivity index (χ1v) is 10.8. The second kappa shape index (κ2) is 9.56. The predicted molar refractivity (Wildman–Crippen MR) is 84.0 cm³/mol. The number of ether oxygens (including phenoxy) is 3. The minimum absolute atomic E-state index is 0.417. The summed E-state index contributed by atoms with van der Waals surface area (Å²) < 4.78 is 85.6. The van der Waals surface area contributed by atoms with Crippen LogP contribution >= 0.6 is 0 Å². The number of carboxylic acid groups (broad SMARTS) is 1. The zero-order valence-electron chi connectivity index (χ0n) is 14.9. The van der Waals surface area contributed by atoms with Gasteiger partial charge in [0.15, 0.2) is 22.7 Å². The zero-order chi connectivity index (χ0) is 23.7. The third kappa shape index (κ3) is 6.74. The van der Waals surface area contributed by atoms with Gasteiger partial charge in [0, 0.05) is 0 Å². The van der Waals surface area contributed by atoms with Crippen molar-refractivity contribution in [2.24, 2.45) is 0 Å². The molecule has 0 saturated carbocycles. The molecule has 0 spiro atoms. The summed E-state index contributed by atoms with van der Waals surface area (Å²) in [7, 11) is -10.8. The number of hydrogen-bond acceptors (Lipinski definition) is 16. The number of rotatable bonds is 8. The Kier molecular flexibility index (Phi) is 7.95. The summed E-state index contributed by atoms with van der Waals surface area (Å²) in [6.45, 7) is -1.01. The molecular formula is C12H16NO16S2-3. The molecule has 2 aliphatic heterocycles. The Balaban J connectivity index is 2.36. The molecule has 1 saturated heterocycles. The molecule has 0 aromatic carbocycles. The van der Waals surface area contributed by atoms with Gasteiger partial charge in [-0.25, -0.2) is 21.6 Å². The number of carbonyl (C=O) groups is 1. The zero-order valence-corrected chi connectivity index (χ0v) is 16.5. The van der Waals surface area contributed by atoms with Gasteiger partial charge in [-0.05, 0) is 6.08 Å². The number of aliphatic hydroxyl groups is 4. The SMILES string of the molecule is O=C([O-])C1=C[C@H](O)[C@@H](OS(=O)(=O)[O-])[C@H](OC2[C@@H](CO)OC(O)[C@H](NS(=O)(=O)[O-])[C@H]2O)O1. The largest absolute Gasteiger partial charge is 0.735 e. The lowest BCUT2D eigenvalue weighted by atomic mass is 9.97. The molecule has 2 rings (SSSR count). The van der Waals surface area contributed by atoms with Crippen LogP contribution in [0.15, 0.2) is 11.8 Å². The predicted octanol–water partition coefficient (Wildman–Crippen LogP) is -6.94. The van der Waals surface area contributed by atoms with Gasteiger partial charge in [0.2, 0.25) is 16.7 Å². The van der Waals surface area contributed by atoms with E-state index < -0.39 is 88.2 Å². The lowest BCUT2D eigenvalue weighted by Gasteiger charge is -2.45. The Morgan fingerprint density at radius 3 is 2.26 bits per heavy atom. The number of carbonyl (C=O) groups excluding carboxylic acids is 1. The highest BCUT2D eigenvalue weighted by Gasteiger charge is 2.49. The fraction of sp³-hybridized carbons (Fsp3) is 0.750. The Hall–Kier alpha value is -1.49. The smallest absolute Gasteiger partial charge is 0.231 e. The van der Waals surface area contributed by atoms with Crippen LogP contribution in [0.4, 0.5) is 0 Å². The first kappa shape index (κ1) is 25.8. The molecule has 1 fully saturated rings. The van der Waals surface area contributed by atoms with E-state index in [9.17, 15) is 56.3 Å². The maximum Gasteiger partial charge on any atom is 0.231 e. The van der Waals surface area contributed by atoms with Crippen molar-refractivity contribution in [3.63, 3.8) is 0 Å². The van der Waals surface area contributed by atoms with E-state index in [0.717, 1.165) is 0 Å². The maximum atomic E-state index is 11.0. The van der Waals surface area contributed by atoms with E-state index in [2.05, 4.69) is 4.18 Å². The minimum atomic E-state index is -5.52. The molecule has 2 heterocycles. The van der Waals surface area contributed by atoms with Gasteiger partial charge in [-0.1, -0.05) is 0 Å². The number of hydrogen-bond donors (Lipinski definition) is 5. The van der Waals surface area contributed by atoms with E-state index in [1.54, 1.807) is 0 Å². The van der Waals surface area contributed by atoms with Crippen LogP contribution in [0, 0.1) is 0 Å². The molecule has 0 radical (unpaired) electrons. The van der Waals surface area contributed by atoms with Gasteiger partial charge in [0.1, 0.15) is 42.2 Å². The molecule has 8 atom stereocenters. The molecular weight excluding hydrogens is 478 g/mol. The van der Waals surface area contributed by atoms with Crippen molar-refractivity contribution in [1.82, 2.24) is 4.72 Å². The van der Waals surface area contributed by atoms with Gasteiger partial charge in [0.25, 0.3) is 0 Å². The van der Waals surface area contributed by atoms with Crippen molar-refractivity contribution < 1.29 is 74.7 Å². The Morgan fingerprint density at radius 2 is 1.77 bits per heavy atom. The van der Waals surface area contributed by atoms with Crippen LogP contribution in [0.2, 0.25) is 0 Å². The van der Waals surface area contributed by atoms with E-state index in [1.165, 1.54) is 4.72 Å². The van der Waals surface area contributed by atoms with Crippen molar-refractivity contribution >= 4 is 26.7 Å². The van der Waals surface area contributed by atoms with Gasteiger partial charge in [-0.3, -0.25) is 4.18 Å². The van der Waals surface area contributed by atoms with Crippen molar-refractivity contribution in [1.29, 1.82) is 0 Å². The van der Waals surface area contributed by atoms with Crippen molar-refractivity contribution in [2.45, 2.75) is 49.1 Å².